The van der Waals surface area contributed by atoms with Gasteiger partial charge in [0.15, 0.2) is 0 Å². The number of carbonyl (C=O) groups excluding carboxylic acids is 1. The van der Waals surface area contributed by atoms with Crippen LogP contribution in [0.1, 0.15) is 13.3 Å². The molecule has 86 valence electrons. The third kappa shape index (κ3) is 2.04. The molecule has 1 amide bonds. The Balaban J connectivity index is 2.23. The molecular weight excluding hydrogens is 230 g/mol. The van der Waals surface area contributed by atoms with Crippen molar-refractivity contribution in [2.24, 2.45) is 0 Å². The second-order valence-electron chi connectivity index (χ2n) is 3.77. The molecule has 1 atom stereocenters. The van der Waals surface area contributed by atoms with Gasteiger partial charge in [-0.1, -0.05) is 11.6 Å². The second kappa shape index (κ2) is 4.05. The molecule has 0 aliphatic carbocycles. The monoisotopic (exact) mass is 241 g/mol. The number of methoxy groups -OCH3 is 1. The quantitative estimate of drug-likeness (QED) is 0.798. The van der Waals surface area contributed by atoms with E-state index in [2.05, 4.69) is 0 Å². The van der Waals surface area contributed by atoms with Crippen molar-refractivity contribution in [2.45, 2.75) is 19.1 Å². The van der Waals surface area contributed by atoms with Crippen molar-refractivity contribution in [1.82, 2.24) is 0 Å². The Labute approximate surface area is 98.7 Å². The molecule has 1 aliphatic rings. The van der Waals surface area contributed by atoms with Gasteiger partial charge in [0.05, 0.1) is 12.1 Å². The highest BCUT2D eigenvalue weighted by Crippen LogP contribution is 2.31. The number of benzene rings is 1. The first kappa shape index (κ1) is 11.4. The number of carbonyl (C=O) groups is 1. The third-order valence-electron chi connectivity index (χ3n) is 2.48. The van der Waals surface area contributed by atoms with Crippen molar-refractivity contribution >= 4 is 23.2 Å². The summed E-state index contributed by atoms with van der Waals surface area (Å²) >= 11 is 5.77. The molecule has 5 heteroatoms. The van der Waals surface area contributed by atoms with E-state index in [1.54, 1.807) is 31.2 Å². The van der Waals surface area contributed by atoms with Gasteiger partial charge in [0.2, 0.25) is 5.79 Å². The molecule has 0 spiro atoms. The van der Waals surface area contributed by atoms with Crippen LogP contribution < -0.4 is 5.06 Å². The van der Waals surface area contributed by atoms with Gasteiger partial charge in [-0.2, -0.15) is 5.06 Å². The fourth-order valence-electron chi connectivity index (χ4n) is 1.51. The normalized spacial score (nSPS) is 25.2. The van der Waals surface area contributed by atoms with Crippen LogP contribution in [0, 0.1) is 0 Å². The van der Waals surface area contributed by atoms with Gasteiger partial charge >= 0.3 is 0 Å². The maximum atomic E-state index is 11.7. The van der Waals surface area contributed by atoms with Crippen molar-refractivity contribution in [1.29, 1.82) is 0 Å². The average molecular weight is 242 g/mol. The highest BCUT2D eigenvalue weighted by atomic mass is 35.5. The van der Waals surface area contributed by atoms with Crippen molar-refractivity contribution in [3.63, 3.8) is 0 Å². The standard InChI is InChI=1S/C11H12ClNO3/c1-11(15-2)7-10(14)13(16-11)9-5-3-8(12)4-6-9/h3-6H,7H2,1-2H3/t11-/m1/s1. The predicted octanol–water partition coefficient (Wildman–Crippen LogP) is 2.37. The van der Waals surface area contributed by atoms with Gasteiger partial charge in [-0.05, 0) is 31.2 Å². The molecule has 1 aromatic carbocycles. The smallest absolute Gasteiger partial charge is 0.256 e. The number of hydrogen-bond donors (Lipinski definition) is 0. The summed E-state index contributed by atoms with van der Waals surface area (Å²) in [5, 5.41) is 1.85. The summed E-state index contributed by atoms with van der Waals surface area (Å²) < 4.78 is 5.13. The topological polar surface area (TPSA) is 38.8 Å². The molecular formula is C11H12ClNO3. The summed E-state index contributed by atoms with van der Waals surface area (Å²) in [6.45, 7) is 1.72. The minimum atomic E-state index is -0.878. The number of rotatable bonds is 2. The number of ether oxygens (including phenoxy) is 1. The molecule has 1 fully saturated rings. The molecule has 1 aliphatic heterocycles. The molecule has 0 radical (unpaired) electrons. The lowest BCUT2D eigenvalue weighted by Crippen LogP contribution is -2.29. The van der Waals surface area contributed by atoms with E-state index >= 15 is 0 Å². The summed E-state index contributed by atoms with van der Waals surface area (Å²) in [6, 6.07) is 6.86. The van der Waals surface area contributed by atoms with E-state index in [1.165, 1.54) is 12.2 Å². The summed E-state index contributed by atoms with van der Waals surface area (Å²) in [5.41, 5.74) is 0.648. The Morgan fingerprint density at radius 1 is 1.44 bits per heavy atom. The minimum Gasteiger partial charge on any atom is -0.351 e. The molecule has 16 heavy (non-hydrogen) atoms. The fourth-order valence-corrected chi connectivity index (χ4v) is 1.63. The zero-order valence-corrected chi connectivity index (χ0v) is 9.82. The van der Waals surface area contributed by atoms with Gasteiger partial charge in [-0.25, -0.2) is 4.84 Å². The number of amides is 1. The molecule has 2 rings (SSSR count). The van der Waals surface area contributed by atoms with E-state index in [0.717, 1.165) is 0 Å². The summed E-state index contributed by atoms with van der Waals surface area (Å²) in [4.78, 5) is 17.2. The molecule has 0 unspecified atom stereocenters. The van der Waals surface area contributed by atoms with Gasteiger partial charge in [0.1, 0.15) is 0 Å². The Bertz CT molecular complexity index is 406. The molecule has 4 nitrogen and oxygen atoms in total. The lowest BCUT2D eigenvalue weighted by Gasteiger charge is -2.22. The highest BCUT2D eigenvalue weighted by Gasteiger charge is 2.42. The lowest BCUT2D eigenvalue weighted by molar-refractivity contribution is -0.186. The van der Waals surface area contributed by atoms with Crippen molar-refractivity contribution in [2.75, 3.05) is 12.2 Å². The first-order valence-electron chi connectivity index (χ1n) is 4.87. The van der Waals surface area contributed by atoms with Crippen molar-refractivity contribution in [3.05, 3.63) is 29.3 Å². The largest absolute Gasteiger partial charge is 0.351 e. The van der Waals surface area contributed by atoms with E-state index in [9.17, 15) is 4.79 Å². The Kier molecular flexibility index (Phi) is 2.88. The van der Waals surface area contributed by atoms with Crippen LogP contribution in [0.5, 0.6) is 0 Å². The first-order valence-corrected chi connectivity index (χ1v) is 5.25. The van der Waals surface area contributed by atoms with Crippen molar-refractivity contribution < 1.29 is 14.4 Å². The Hall–Kier alpha value is -1.10. The number of nitrogens with zero attached hydrogens (tertiary/aromatic N) is 1. The van der Waals surface area contributed by atoms with E-state index < -0.39 is 5.79 Å². The van der Waals surface area contributed by atoms with Crippen LogP contribution in [0.15, 0.2) is 24.3 Å². The molecule has 0 bridgehead atoms. The zero-order valence-electron chi connectivity index (χ0n) is 9.07. The van der Waals surface area contributed by atoms with Crippen LogP contribution >= 0.6 is 11.6 Å². The Morgan fingerprint density at radius 3 is 2.56 bits per heavy atom. The molecule has 1 saturated heterocycles. The van der Waals surface area contributed by atoms with Crippen LogP contribution in [0.3, 0.4) is 0 Å². The minimum absolute atomic E-state index is 0.133. The molecule has 1 aromatic rings. The lowest BCUT2D eigenvalue weighted by atomic mass is 10.2. The fraction of sp³-hybridized carbons (Fsp3) is 0.364. The van der Waals surface area contributed by atoms with Crippen LogP contribution in [-0.2, 0) is 14.4 Å². The summed E-state index contributed by atoms with van der Waals surface area (Å²) in [6.07, 6.45) is 0.201. The summed E-state index contributed by atoms with van der Waals surface area (Å²) in [7, 11) is 1.51. The van der Waals surface area contributed by atoms with Gasteiger partial charge in [0, 0.05) is 12.1 Å². The van der Waals surface area contributed by atoms with Crippen molar-refractivity contribution in [3.8, 4) is 0 Å². The van der Waals surface area contributed by atoms with E-state index in [0.29, 0.717) is 10.7 Å². The molecule has 1 heterocycles. The van der Waals surface area contributed by atoms with Crippen LogP contribution in [0.25, 0.3) is 0 Å². The average Bonchev–Trinajstić information content (AvgIpc) is 2.57. The van der Waals surface area contributed by atoms with Gasteiger partial charge in [-0.3, -0.25) is 4.79 Å². The number of hydroxylamine groups is 1. The zero-order chi connectivity index (χ0) is 11.8. The van der Waals surface area contributed by atoms with E-state index in [4.69, 9.17) is 21.2 Å². The highest BCUT2D eigenvalue weighted by molar-refractivity contribution is 6.30. The van der Waals surface area contributed by atoms with Crippen LogP contribution in [-0.4, -0.2) is 18.8 Å². The Morgan fingerprint density at radius 2 is 2.06 bits per heavy atom. The number of halogens is 1. The van der Waals surface area contributed by atoms with Crippen LogP contribution in [0.2, 0.25) is 5.02 Å². The first-order chi connectivity index (χ1) is 7.54. The van der Waals surface area contributed by atoms with Gasteiger partial charge in [-0.15, -0.1) is 0 Å². The predicted molar refractivity (Wildman–Crippen MR) is 60.1 cm³/mol. The SMILES string of the molecule is CO[C@@]1(C)CC(=O)N(c2ccc(Cl)cc2)O1. The van der Waals surface area contributed by atoms with Crippen LogP contribution in [0.4, 0.5) is 5.69 Å². The van der Waals surface area contributed by atoms with Gasteiger partial charge < -0.3 is 4.74 Å². The molecule has 0 aromatic heterocycles. The van der Waals surface area contributed by atoms with E-state index in [-0.39, 0.29) is 12.3 Å². The summed E-state index contributed by atoms with van der Waals surface area (Å²) in [5.74, 6) is -1.01. The van der Waals surface area contributed by atoms with Gasteiger partial charge in [0.25, 0.3) is 5.91 Å². The maximum absolute atomic E-state index is 11.7. The third-order valence-corrected chi connectivity index (χ3v) is 2.73. The molecule has 0 saturated carbocycles. The number of anilines is 1. The molecule has 0 N–H and O–H groups in total. The number of hydrogen-bond acceptors (Lipinski definition) is 3. The maximum Gasteiger partial charge on any atom is 0.256 e. The second-order valence-corrected chi connectivity index (χ2v) is 4.21. The van der Waals surface area contributed by atoms with E-state index in [1.807, 2.05) is 0 Å².